The minimum atomic E-state index is 0.215. The summed E-state index contributed by atoms with van der Waals surface area (Å²) in [6.45, 7) is 9.33. The highest BCUT2D eigenvalue weighted by molar-refractivity contribution is 6.32. The SMILES string of the molecule is CCCC(C)Oc1ccc(CNC(C)C)cc1Cl. The third-order valence-electron chi connectivity index (χ3n) is 2.73. The number of nitrogens with one attached hydrogen (secondary N) is 1. The van der Waals surface area contributed by atoms with E-state index in [2.05, 4.69) is 39.1 Å². The third kappa shape index (κ3) is 5.28. The van der Waals surface area contributed by atoms with Crippen LogP contribution < -0.4 is 10.1 Å². The molecule has 2 nitrogen and oxygen atoms in total. The Bertz CT molecular complexity index is 366. The molecule has 102 valence electrons. The van der Waals surface area contributed by atoms with E-state index < -0.39 is 0 Å². The second kappa shape index (κ2) is 7.65. The van der Waals surface area contributed by atoms with Gasteiger partial charge in [0.25, 0.3) is 0 Å². The Kier molecular flexibility index (Phi) is 6.51. The maximum Gasteiger partial charge on any atom is 0.138 e. The zero-order valence-corrected chi connectivity index (χ0v) is 12.6. The molecule has 0 aliphatic rings. The molecule has 1 aromatic carbocycles. The van der Waals surface area contributed by atoms with Crippen molar-refractivity contribution in [1.82, 2.24) is 5.32 Å². The van der Waals surface area contributed by atoms with Crippen LogP contribution in [-0.2, 0) is 6.54 Å². The van der Waals surface area contributed by atoms with Crippen LogP contribution in [0.4, 0.5) is 0 Å². The first-order valence-corrected chi connectivity index (χ1v) is 7.09. The van der Waals surface area contributed by atoms with Gasteiger partial charge in [-0.05, 0) is 31.0 Å². The van der Waals surface area contributed by atoms with Crippen LogP contribution in [-0.4, -0.2) is 12.1 Å². The minimum absolute atomic E-state index is 0.215. The van der Waals surface area contributed by atoms with Crippen LogP contribution in [0.3, 0.4) is 0 Å². The third-order valence-corrected chi connectivity index (χ3v) is 3.03. The van der Waals surface area contributed by atoms with Crippen LogP contribution in [0, 0.1) is 0 Å². The topological polar surface area (TPSA) is 21.3 Å². The van der Waals surface area contributed by atoms with Gasteiger partial charge in [0.05, 0.1) is 11.1 Å². The van der Waals surface area contributed by atoms with Gasteiger partial charge in [-0.15, -0.1) is 0 Å². The zero-order valence-electron chi connectivity index (χ0n) is 11.8. The standard InChI is InChI=1S/C15H24ClNO/c1-5-6-12(4)18-15-8-7-13(9-14(15)16)10-17-11(2)3/h7-9,11-12,17H,5-6,10H2,1-4H3. The molecule has 1 aromatic rings. The van der Waals surface area contributed by atoms with E-state index in [9.17, 15) is 0 Å². The van der Waals surface area contributed by atoms with Crippen LogP contribution >= 0.6 is 11.6 Å². The van der Waals surface area contributed by atoms with E-state index >= 15 is 0 Å². The quantitative estimate of drug-likeness (QED) is 0.792. The van der Waals surface area contributed by atoms with Crippen molar-refractivity contribution >= 4 is 11.6 Å². The van der Waals surface area contributed by atoms with E-state index in [4.69, 9.17) is 16.3 Å². The lowest BCUT2D eigenvalue weighted by Crippen LogP contribution is -2.21. The number of benzene rings is 1. The lowest BCUT2D eigenvalue weighted by Gasteiger charge is -2.16. The van der Waals surface area contributed by atoms with Gasteiger partial charge in [-0.1, -0.05) is 44.9 Å². The Morgan fingerprint density at radius 2 is 2.00 bits per heavy atom. The fraction of sp³-hybridized carbons (Fsp3) is 0.600. The van der Waals surface area contributed by atoms with Crippen LogP contribution in [0.1, 0.15) is 46.1 Å². The molecule has 0 spiro atoms. The smallest absolute Gasteiger partial charge is 0.138 e. The number of hydrogen-bond donors (Lipinski definition) is 1. The highest BCUT2D eigenvalue weighted by Crippen LogP contribution is 2.27. The van der Waals surface area contributed by atoms with E-state index in [1.807, 2.05) is 12.1 Å². The molecule has 0 aromatic heterocycles. The summed E-state index contributed by atoms with van der Waals surface area (Å²) in [5.74, 6) is 0.783. The fourth-order valence-electron chi connectivity index (χ4n) is 1.75. The molecule has 0 bridgehead atoms. The molecule has 0 saturated carbocycles. The van der Waals surface area contributed by atoms with Crippen LogP contribution in [0.15, 0.2) is 18.2 Å². The molecule has 1 N–H and O–H groups in total. The highest BCUT2D eigenvalue weighted by atomic mass is 35.5. The van der Waals surface area contributed by atoms with Gasteiger partial charge < -0.3 is 10.1 Å². The molecule has 1 atom stereocenters. The monoisotopic (exact) mass is 269 g/mol. The van der Waals surface area contributed by atoms with Crippen molar-refractivity contribution in [2.45, 2.75) is 59.2 Å². The molecule has 3 heteroatoms. The van der Waals surface area contributed by atoms with Crippen LogP contribution in [0.5, 0.6) is 5.75 Å². The summed E-state index contributed by atoms with van der Waals surface area (Å²) in [7, 11) is 0. The first-order chi connectivity index (χ1) is 8.52. The maximum absolute atomic E-state index is 6.24. The average Bonchev–Trinajstić information content (AvgIpc) is 2.30. The van der Waals surface area contributed by atoms with Gasteiger partial charge in [0.2, 0.25) is 0 Å². The summed E-state index contributed by atoms with van der Waals surface area (Å²) in [6.07, 6.45) is 2.38. The second-order valence-electron chi connectivity index (χ2n) is 5.02. The van der Waals surface area contributed by atoms with Crippen LogP contribution in [0.25, 0.3) is 0 Å². The molecular formula is C15H24ClNO. The maximum atomic E-state index is 6.24. The molecule has 0 fully saturated rings. The van der Waals surface area contributed by atoms with Gasteiger partial charge in [-0.25, -0.2) is 0 Å². The number of rotatable bonds is 7. The Balaban J connectivity index is 2.61. The summed E-state index contributed by atoms with van der Waals surface area (Å²) in [5, 5.41) is 4.07. The number of ether oxygens (including phenoxy) is 1. The second-order valence-corrected chi connectivity index (χ2v) is 5.42. The van der Waals surface area contributed by atoms with E-state index in [-0.39, 0.29) is 6.10 Å². The predicted molar refractivity (Wildman–Crippen MR) is 78.4 cm³/mol. The van der Waals surface area contributed by atoms with Crippen molar-refractivity contribution in [2.75, 3.05) is 0 Å². The van der Waals surface area contributed by atoms with Crippen molar-refractivity contribution in [3.8, 4) is 5.75 Å². The fourth-order valence-corrected chi connectivity index (χ4v) is 2.00. The lowest BCUT2D eigenvalue weighted by molar-refractivity contribution is 0.210. The molecule has 1 unspecified atom stereocenters. The summed E-state index contributed by atoms with van der Waals surface area (Å²) in [5.41, 5.74) is 1.18. The van der Waals surface area contributed by atoms with Crippen molar-refractivity contribution in [3.63, 3.8) is 0 Å². The lowest BCUT2D eigenvalue weighted by atomic mass is 10.2. The molecule has 0 aliphatic carbocycles. The number of hydrogen-bond acceptors (Lipinski definition) is 2. The first kappa shape index (κ1) is 15.3. The molecular weight excluding hydrogens is 246 g/mol. The largest absolute Gasteiger partial charge is 0.489 e. The Labute approximate surface area is 116 Å². The van der Waals surface area contributed by atoms with Crippen molar-refractivity contribution in [2.24, 2.45) is 0 Å². The van der Waals surface area contributed by atoms with Gasteiger partial charge in [0, 0.05) is 12.6 Å². The Hall–Kier alpha value is -0.730. The normalized spacial score (nSPS) is 12.8. The van der Waals surface area contributed by atoms with Gasteiger partial charge in [0.15, 0.2) is 0 Å². The van der Waals surface area contributed by atoms with Gasteiger partial charge in [-0.2, -0.15) is 0 Å². The molecule has 1 rings (SSSR count). The van der Waals surface area contributed by atoms with Crippen molar-refractivity contribution in [3.05, 3.63) is 28.8 Å². The highest BCUT2D eigenvalue weighted by Gasteiger charge is 2.07. The molecule has 0 heterocycles. The number of halogens is 1. The van der Waals surface area contributed by atoms with E-state index in [1.54, 1.807) is 0 Å². The zero-order chi connectivity index (χ0) is 13.5. The van der Waals surface area contributed by atoms with E-state index in [0.29, 0.717) is 11.1 Å². The summed E-state index contributed by atoms with van der Waals surface area (Å²) in [6, 6.07) is 6.48. The van der Waals surface area contributed by atoms with Crippen LogP contribution in [0.2, 0.25) is 5.02 Å². The Morgan fingerprint density at radius 3 is 2.56 bits per heavy atom. The van der Waals surface area contributed by atoms with Crippen molar-refractivity contribution in [1.29, 1.82) is 0 Å². The van der Waals surface area contributed by atoms with Gasteiger partial charge >= 0.3 is 0 Å². The van der Waals surface area contributed by atoms with Gasteiger partial charge in [-0.3, -0.25) is 0 Å². The molecule has 18 heavy (non-hydrogen) atoms. The average molecular weight is 270 g/mol. The molecule has 0 saturated heterocycles. The van der Waals surface area contributed by atoms with Crippen molar-refractivity contribution < 1.29 is 4.74 Å². The van der Waals surface area contributed by atoms with E-state index in [0.717, 1.165) is 25.1 Å². The first-order valence-electron chi connectivity index (χ1n) is 6.71. The molecule has 0 radical (unpaired) electrons. The van der Waals surface area contributed by atoms with Gasteiger partial charge in [0.1, 0.15) is 5.75 Å². The minimum Gasteiger partial charge on any atom is -0.489 e. The summed E-state index contributed by atoms with van der Waals surface area (Å²) < 4.78 is 5.81. The Morgan fingerprint density at radius 1 is 1.28 bits per heavy atom. The predicted octanol–water partition coefficient (Wildman–Crippen LogP) is 4.41. The molecule has 0 aliphatic heterocycles. The summed E-state index contributed by atoms with van der Waals surface area (Å²) >= 11 is 6.24. The summed E-state index contributed by atoms with van der Waals surface area (Å²) in [4.78, 5) is 0. The van der Waals surface area contributed by atoms with E-state index in [1.165, 1.54) is 5.56 Å². The molecule has 0 amide bonds.